The molecule has 2 unspecified atom stereocenters. The summed E-state index contributed by atoms with van der Waals surface area (Å²) >= 11 is 0. The monoisotopic (exact) mass is 578 g/mol. The highest BCUT2D eigenvalue weighted by molar-refractivity contribution is 5.83. The molecule has 3 aliphatic rings. The van der Waals surface area contributed by atoms with Gasteiger partial charge in [-0.2, -0.15) is 0 Å². The minimum Gasteiger partial charge on any atom is -0.391 e. The van der Waals surface area contributed by atoms with Crippen LogP contribution in [0.25, 0.3) is 10.9 Å². The lowest BCUT2D eigenvalue weighted by atomic mass is 10.0. The standard InChI is InChI=1S/C35H42N6O2/c1-24-5-6-30(18-37-24)38-14-3-4-31(22-38)40(19-26-11-13-36-25(2)16-26)20-27-21-41(28-7-8-28)34-17-29(9-10-33(34)35(27)43)39-15-12-32(42)23-39/h5-6,9-11,13,16-18,21,28,31-32,42H,3-4,7-8,12,14-15,19-20,22-23H2,1-2H3. The molecule has 224 valence electrons. The van der Waals surface area contributed by atoms with Crippen molar-refractivity contribution < 1.29 is 5.11 Å². The van der Waals surface area contributed by atoms with Gasteiger partial charge in [-0.25, -0.2) is 0 Å². The van der Waals surface area contributed by atoms with E-state index >= 15 is 0 Å². The Hall–Kier alpha value is -3.75. The summed E-state index contributed by atoms with van der Waals surface area (Å²) in [6.07, 6.45) is 11.0. The fourth-order valence-corrected chi connectivity index (χ4v) is 6.94. The zero-order valence-corrected chi connectivity index (χ0v) is 25.3. The molecule has 2 saturated heterocycles. The maximum Gasteiger partial charge on any atom is 0.193 e. The van der Waals surface area contributed by atoms with Crippen LogP contribution >= 0.6 is 0 Å². The molecule has 8 heteroatoms. The number of aliphatic hydroxyl groups excluding tert-OH is 1. The highest BCUT2D eigenvalue weighted by Crippen LogP contribution is 2.38. The van der Waals surface area contributed by atoms with Crippen LogP contribution < -0.4 is 15.2 Å². The molecule has 7 rings (SSSR count). The van der Waals surface area contributed by atoms with Gasteiger partial charge in [-0.1, -0.05) is 0 Å². The number of aliphatic hydroxyl groups is 1. The average molecular weight is 579 g/mol. The topological polar surface area (TPSA) is 77.7 Å². The zero-order valence-electron chi connectivity index (χ0n) is 25.3. The van der Waals surface area contributed by atoms with Gasteiger partial charge < -0.3 is 19.5 Å². The predicted molar refractivity (Wildman–Crippen MR) is 172 cm³/mol. The molecule has 3 fully saturated rings. The number of benzene rings is 1. The first-order chi connectivity index (χ1) is 20.9. The van der Waals surface area contributed by atoms with Gasteiger partial charge in [0.05, 0.1) is 23.5 Å². The van der Waals surface area contributed by atoms with Crippen LogP contribution in [0.3, 0.4) is 0 Å². The fraction of sp³-hybridized carbons (Fsp3) is 0.457. The summed E-state index contributed by atoms with van der Waals surface area (Å²) in [6, 6.07) is 15.5. The molecule has 5 heterocycles. The van der Waals surface area contributed by atoms with Gasteiger partial charge in [0.25, 0.3) is 0 Å². The number of fused-ring (bicyclic) bond motifs is 1. The van der Waals surface area contributed by atoms with Crippen LogP contribution in [0.4, 0.5) is 11.4 Å². The molecular formula is C35H42N6O2. The van der Waals surface area contributed by atoms with Crippen molar-refractivity contribution in [2.24, 2.45) is 0 Å². The largest absolute Gasteiger partial charge is 0.391 e. The van der Waals surface area contributed by atoms with Gasteiger partial charge in [0.15, 0.2) is 5.43 Å². The van der Waals surface area contributed by atoms with Crippen molar-refractivity contribution in [2.75, 3.05) is 36.0 Å². The predicted octanol–water partition coefficient (Wildman–Crippen LogP) is 4.99. The number of pyridine rings is 3. The van der Waals surface area contributed by atoms with Crippen LogP contribution in [0.1, 0.15) is 60.7 Å². The number of β-amino-alcohol motifs (C(OH)–C–C–N with tert-alkyl or cyclic N) is 1. The van der Waals surface area contributed by atoms with Crippen molar-refractivity contribution >= 4 is 22.3 Å². The van der Waals surface area contributed by atoms with E-state index in [0.717, 1.165) is 97.5 Å². The number of hydrogen-bond donors (Lipinski definition) is 1. The first-order valence-corrected chi connectivity index (χ1v) is 15.9. The van der Waals surface area contributed by atoms with Gasteiger partial charge >= 0.3 is 0 Å². The summed E-state index contributed by atoms with van der Waals surface area (Å²) in [4.78, 5) is 30.3. The number of hydrogen-bond acceptors (Lipinski definition) is 7. The molecule has 1 aliphatic carbocycles. The maximum absolute atomic E-state index is 14.1. The van der Waals surface area contributed by atoms with Crippen LogP contribution in [0.5, 0.6) is 0 Å². The van der Waals surface area contributed by atoms with Gasteiger partial charge in [-0.3, -0.25) is 19.7 Å². The lowest BCUT2D eigenvalue weighted by molar-refractivity contribution is 0.158. The molecule has 1 aromatic carbocycles. The quantitative estimate of drug-likeness (QED) is 0.316. The molecule has 2 atom stereocenters. The highest BCUT2D eigenvalue weighted by atomic mass is 16.3. The van der Waals surface area contributed by atoms with Crippen LogP contribution in [-0.4, -0.2) is 62.9 Å². The SMILES string of the molecule is Cc1ccc(N2CCCC(N(Cc3ccnc(C)c3)Cc3cn(C4CC4)c4cc(N5CCC(O)C5)ccc4c3=O)C2)cn1. The summed E-state index contributed by atoms with van der Waals surface area (Å²) in [6.45, 7) is 8.86. The van der Waals surface area contributed by atoms with E-state index < -0.39 is 0 Å². The molecule has 3 aromatic heterocycles. The van der Waals surface area contributed by atoms with Crippen molar-refractivity contribution in [3.63, 3.8) is 0 Å². The van der Waals surface area contributed by atoms with E-state index in [1.165, 1.54) is 5.56 Å². The second-order valence-electron chi connectivity index (χ2n) is 12.8. The smallest absolute Gasteiger partial charge is 0.193 e. The summed E-state index contributed by atoms with van der Waals surface area (Å²) in [7, 11) is 0. The molecule has 4 aromatic rings. The molecule has 0 radical (unpaired) electrons. The average Bonchev–Trinajstić information content (AvgIpc) is 3.77. The van der Waals surface area contributed by atoms with Gasteiger partial charge in [-0.15, -0.1) is 0 Å². The lowest BCUT2D eigenvalue weighted by Gasteiger charge is -2.40. The van der Waals surface area contributed by atoms with E-state index in [2.05, 4.69) is 71.8 Å². The molecule has 8 nitrogen and oxygen atoms in total. The number of anilines is 2. The van der Waals surface area contributed by atoms with E-state index in [9.17, 15) is 9.90 Å². The summed E-state index contributed by atoms with van der Waals surface area (Å²) < 4.78 is 2.36. The third-order valence-corrected chi connectivity index (χ3v) is 9.45. The molecule has 0 amide bonds. The minimum absolute atomic E-state index is 0.131. The van der Waals surface area contributed by atoms with Crippen LogP contribution in [-0.2, 0) is 13.1 Å². The number of nitrogens with zero attached hydrogens (tertiary/aromatic N) is 6. The Morgan fingerprint density at radius 2 is 1.72 bits per heavy atom. The Bertz CT molecular complexity index is 1660. The van der Waals surface area contributed by atoms with E-state index in [1.807, 2.05) is 32.3 Å². The van der Waals surface area contributed by atoms with Gasteiger partial charge in [0.2, 0.25) is 0 Å². The number of piperidine rings is 1. The van der Waals surface area contributed by atoms with Crippen molar-refractivity contribution in [3.05, 3.63) is 93.8 Å². The van der Waals surface area contributed by atoms with Gasteiger partial charge in [0, 0.05) is 91.8 Å². The van der Waals surface area contributed by atoms with E-state index in [0.29, 0.717) is 25.2 Å². The third kappa shape index (κ3) is 6.04. The molecule has 0 bridgehead atoms. The Balaban J connectivity index is 1.23. The van der Waals surface area contributed by atoms with Crippen molar-refractivity contribution in [1.82, 2.24) is 19.4 Å². The van der Waals surface area contributed by atoms with Crippen molar-refractivity contribution in [3.8, 4) is 0 Å². The first-order valence-electron chi connectivity index (χ1n) is 15.9. The maximum atomic E-state index is 14.1. The Labute approximate surface area is 253 Å². The molecule has 0 spiro atoms. The van der Waals surface area contributed by atoms with E-state index in [1.54, 1.807) is 0 Å². The Morgan fingerprint density at radius 3 is 2.47 bits per heavy atom. The van der Waals surface area contributed by atoms with E-state index in [4.69, 9.17) is 0 Å². The molecule has 1 N–H and O–H groups in total. The molecule has 2 aliphatic heterocycles. The zero-order chi connectivity index (χ0) is 29.5. The highest BCUT2D eigenvalue weighted by Gasteiger charge is 2.30. The number of rotatable bonds is 8. The van der Waals surface area contributed by atoms with Gasteiger partial charge in [0.1, 0.15) is 0 Å². The van der Waals surface area contributed by atoms with E-state index in [-0.39, 0.29) is 11.5 Å². The number of aromatic nitrogens is 3. The number of aryl methyl sites for hydroxylation is 2. The van der Waals surface area contributed by atoms with Crippen LogP contribution in [0.2, 0.25) is 0 Å². The third-order valence-electron chi connectivity index (χ3n) is 9.45. The second-order valence-corrected chi connectivity index (χ2v) is 12.8. The molecule has 43 heavy (non-hydrogen) atoms. The lowest BCUT2D eigenvalue weighted by Crippen LogP contribution is -2.48. The second kappa shape index (κ2) is 11.7. The minimum atomic E-state index is -0.281. The fourth-order valence-electron chi connectivity index (χ4n) is 6.94. The Morgan fingerprint density at radius 1 is 0.884 bits per heavy atom. The van der Waals surface area contributed by atoms with Gasteiger partial charge in [-0.05, 0) is 94.0 Å². The first kappa shape index (κ1) is 28.0. The van der Waals surface area contributed by atoms with Crippen LogP contribution in [0.15, 0.2) is 65.8 Å². The summed E-state index contributed by atoms with van der Waals surface area (Å²) in [5.41, 5.74) is 7.53. The van der Waals surface area contributed by atoms with Crippen molar-refractivity contribution in [1.29, 1.82) is 0 Å². The van der Waals surface area contributed by atoms with Crippen LogP contribution in [0, 0.1) is 13.8 Å². The van der Waals surface area contributed by atoms with Crippen molar-refractivity contribution in [2.45, 2.75) is 77.2 Å². The Kier molecular flexibility index (Phi) is 7.65. The summed E-state index contributed by atoms with van der Waals surface area (Å²) in [5, 5.41) is 10.9. The molecular weight excluding hydrogens is 536 g/mol. The molecule has 1 saturated carbocycles. The summed E-state index contributed by atoms with van der Waals surface area (Å²) in [5.74, 6) is 0. The normalized spacial score (nSPS) is 20.8.